The molecule has 0 radical (unpaired) electrons. The second-order valence-electron chi connectivity index (χ2n) is 4.64. The molecule has 0 saturated heterocycles. The van der Waals surface area contributed by atoms with Gasteiger partial charge in [-0.2, -0.15) is 0 Å². The SMILES string of the molecule is CCn1ccc2ccn(-c3ccc(OCF)cc3)c(=O)c21. The first-order valence-corrected chi connectivity index (χ1v) is 6.74. The zero-order valence-corrected chi connectivity index (χ0v) is 11.6. The molecule has 0 amide bonds. The summed E-state index contributed by atoms with van der Waals surface area (Å²) >= 11 is 0. The zero-order valence-electron chi connectivity index (χ0n) is 11.6. The summed E-state index contributed by atoms with van der Waals surface area (Å²) in [5.41, 5.74) is 1.33. The Morgan fingerprint density at radius 2 is 1.81 bits per heavy atom. The quantitative estimate of drug-likeness (QED) is 0.739. The van der Waals surface area contributed by atoms with Crippen LogP contribution in [0.4, 0.5) is 4.39 Å². The van der Waals surface area contributed by atoms with E-state index in [2.05, 4.69) is 0 Å². The molecule has 108 valence electrons. The van der Waals surface area contributed by atoms with Gasteiger partial charge in [-0.05, 0) is 43.3 Å². The van der Waals surface area contributed by atoms with Crippen molar-refractivity contribution in [3.63, 3.8) is 0 Å². The van der Waals surface area contributed by atoms with E-state index in [1.807, 2.05) is 29.8 Å². The van der Waals surface area contributed by atoms with Gasteiger partial charge in [-0.1, -0.05) is 0 Å². The minimum Gasteiger partial charge on any atom is -0.463 e. The van der Waals surface area contributed by atoms with Crippen LogP contribution in [-0.2, 0) is 6.54 Å². The molecular formula is C16H15FN2O2. The Labute approximate surface area is 121 Å². The second kappa shape index (κ2) is 5.44. The number of alkyl halides is 1. The Morgan fingerprint density at radius 1 is 1.10 bits per heavy atom. The van der Waals surface area contributed by atoms with E-state index in [0.717, 1.165) is 17.6 Å². The number of benzene rings is 1. The molecule has 0 aliphatic carbocycles. The largest absolute Gasteiger partial charge is 0.463 e. The number of pyridine rings is 1. The topological polar surface area (TPSA) is 36.2 Å². The standard InChI is InChI=1S/C16H15FN2O2/c1-2-18-9-7-12-8-10-19(16(20)15(12)18)13-3-5-14(6-4-13)21-11-17/h3-10H,2,11H2,1H3. The van der Waals surface area contributed by atoms with Crippen LogP contribution in [0.25, 0.3) is 16.6 Å². The molecule has 0 unspecified atom stereocenters. The Morgan fingerprint density at radius 3 is 2.48 bits per heavy atom. The fourth-order valence-electron chi connectivity index (χ4n) is 2.44. The maximum atomic E-state index is 12.6. The molecular weight excluding hydrogens is 271 g/mol. The number of hydrogen-bond donors (Lipinski definition) is 0. The third-order valence-corrected chi connectivity index (χ3v) is 3.50. The van der Waals surface area contributed by atoms with Crippen LogP contribution in [0.5, 0.6) is 5.75 Å². The average molecular weight is 286 g/mol. The number of hydrogen-bond acceptors (Lipinski definition) is 2. The van der Waals surface area contributed by atoms with Gasteiger partial charge in [-0.15, -0.1) is 0 Å². The number of nitrogens with zero attached hydrogens (tertiary/aromatic N) is 2. The lowest BCUT2D eigenvalue weighted by Crippen LogP contribution is -2.19. The van der Waals surface area contributed by atoms with Crippen LogP contribution in [0.3, 0.4) is 0 Å². The molecule has 1 aromatic carbocycles. The first-order valence-electron chi connectivity index (χ1n) is 6.74. The van der Waals surface area contributed by atoms with Gasteiger partial charge in [-0.3, -0.25) is 9.36 Å². The Balaban J connectivity index is 2.11. The minimum absolute atomic E-state index is 0.0708. The van der Waals surface area contributed by atoms with Crippen molar-refractivity contribution in [1.82, 2.24) is 9.13 Å². The monoisotopic (exact) mass is 286 g/mol. The van der Waals surface area contributed by atoms with Crippen molar-refractivity contribution in [3.8, 4) is 11.4 Å². The van der Waals surface area contributed by atoms with Crippen molar-refractivity contribution in [1.29, 1.82) is 0 Å². The fourth-order valence-corrected chi connectivity index (χ4v) is 2.44. The molecule has 4 nitrogen and oxygen atoms in total. The molecule has 3 aromatic rings. The Kier molecular flexibility index (Phi) is 3.48. The van der Waals surface area contributed by atoms with Gasteiger partial charge in [0.15, 0.2) is 0 Å². The molecule has 5 heteroatoms. The molecule has 0 N–H and O–H groups in total. The summed E-state index contributed by atoms with van der Waals surface area (Å²) in [6.45, 7) is 1.88. The highest BCUT2D eigenvalue weighted by molar-refractivity contribution is 5.79. The van der Waals surface area contributed by atoms with Crippen LogP contribution in [0, 0.1) is 0 Å². The third-order valence-electron chi connectivity index (χ3n) is 3.50. The van der Waals surface area contributed by atoms with Gasteiger partial charge in [0, 0.05) is 30.0 Å². The molecule has 0 aliphatic rings. The second-order valence-corrected chi connectivity index (χ2v) is 4.64. The highest BCUT2D eigenvalue weighted by Crippen LogP contribution is 2.17. The van der Waals surface area contributed by atoms with Crippen LogP contribution in [0.1, 0.15) is 6.92 Å². The summed E-state index contributed by atoms with van der Waals surface area (Å²) in [6, 6.07) is 10.6. The fraction of sp³-hybridized carbons (Fsp3) is 0.188. The Hall–Kier alpha value is -2.56. The minimum atomic E-state index is -0.866. The lowest BCUT2D eigenvalue weighted by Gasteiger charge is -2.08. The summed E-state index contributed by atoms with van der Waals surface area (Å²) in [5, 5.41) is 0.926. The van der Waals surface area contributed by atoms with Gasteiger partial charge < -0.3 is 9.30 Å². The van der Waals surface area contributed by atoms with Crippen LogP contribution >= 0.6 is 0 Å². The van der Waals surface area contributed by atoms with E-state index in [1.54, 1.807) is 35.0 Å². The highest BCUT2D eigenvalue weighted by Gasteiger charge is 2.08. The van der Waals surface area contributed by atoms with Gasteiger partial charge in [0.05, 0.1) is 0 Å². The Bertz CT molecular complexity index is 818. The number of aryl methyl sites for hydroxylation is 1. The van der Waals surface area contributed by atoms with Crippen molar-refractivity contribution < 1.29 is 9.13 Å². The summed E-state index contributed by atoms with van der Waals surface area (Å²) in [7, 11) is 0. The third kappa shape index (κ3) is 2.31. The molecule has 0 saturated carbocycles. The molecule has 2 heterocycles. The molecule has 0 bridgehead atoms. The summed E-state index contributed by atoms with van der Waals surface area (Å²) < 4.78 is 20.4. The maximum Gasteiger partial charge on any atom is 0.279 e. The van der Waals surface area contributed by atoms with E-state index in [-0.39, 0.29) is 5.56 Å². The molecule has 0 fully saturated rings. The van der Waals surface area contributed by atoms with Crippen molar-refractivity contribution in [3.05, 3.63) is 59.1 Å². The van der Waals surface area contributed by atoms with Crippen molar-refractivity contribution >= 4 is 10.9 Å². The number of aromatic nitrogens is 2. The van der Waals surface area contributed by atoms with Gasteiger partial charge in [0.1, 0.15) is 11.3 Å². The number of rotatable bonds is 4. The van der Waals surface area contributed by atoms with Crippen LogP contribution in [0.2, 0.25) is 0 Å². The smallest absolute Gasteiger partial charge is 0.279 e. The van der Waals surface area contributed by atoms with Crippen LogP contribution in [0.15, 0.2) is 53.6 Å². The van der Waals surface area contributed by atoms with Gasteiger partial charge in [0.2, 0.25) is 6.86 Å². The lowest BCUT2D eigenvalue weighted by atomic mass is 10.2. The molecule has 0 aliphatic heterocycles. The summed E-state index contributed by atoms with van der Waals surface area (Å²) in [5.74, 6) is 0.437. The van der Waals surface area contributed by atoms with E-state index >= 15 is 0 Å². The van der Waals surface area contributed by atoms with E-state index in [4.69, 9.17) is 4.74 Å². The van der Waals surface area contributed by atoms with Crippen molar-refractivity contribution in [2.75, 3.05) is 6.86 Å². The molecule has 0 spiro atoms. The normalized spacial score (nSPS) is 11.0. The zero-order chi connectivity index (χ0) is 14.8. The van der Waals surface area contributed by atoms with E-state index in [9.17, 15) is 9.18 Å². The molecule has 2 aromatic heterocycles. The summed E-state index contributed by atoms with van der Waals surface area (Å²) in [4.78, 5) is 12.6. The van der Waals surface area contributed by atoms with Crippen LogP contribution in [-0.4, -0.2) is 16.0 Å². The molecule has 21 heavy (non-hydrogen) atoms. The number of halogens is 1. The van der Waals surface area contributed by atoms with Crippen molar-refractivity contribution in [2.24, 2.45) is 0 Å². The van der Waals surface area contributed by atoms with E-state index in [1.165, 1.54) is 0 Å². The predicted octanol–water partition coefficient (Wildman–Crippen LogP) is 3.12. The van der Waals surface area contributed by atoms with E-state index < -0.39 is 6.86 Å². The number of ether oxygens (including phenoxy) is 1. The molecule has 3 rings (SSSR count). The first-order chi connectivity index (χ1) is 10.2. The lowest BCUT2D eigenvalue weighted by molar-refractivity contribution is 0.192. The van der Waals surface area contributed by atoms with Gasteiger partial charge >= 0.3 is 0 Å². The van der Waals surface area contributed by atoms with Crippen molar-refractivity contribution in [2.45, 2.75) is 13.5 Å². The van der Waals surface area contributed by atoms with Gasteiger partial charge in [-0.25, -0.2) is 4.39 Å². The highest BCUT2D eigenvalue weighted by atomic mass is 19.1. The van der Waals surface area contributed by atoms with E-state index in [0.29, 0.717) is 11.3 Å². The summed E-state index contributed by atoms with van der Waals surface area (Å²) in [6.07, 6.45) is 3.66. The predicted molar refractivity (Wildman–Crippen MR) is 79.8 cm³/mol. The number of fused-ring (bicyclic) bond motifs is 1. The van der Waals surface area contributed by atoms with Crippen LogP contribution < -0.4 is 10.3 Å². The maximum absolute atomic E-state index is 12.6. The first kappa shape index (κ1) is 13.4. The van der Waals surface area contributed by atoms with Gasteiger partial charge in [0.25, 0.3) is 5.56 Å². The molecule has 0 atom stereocenters. The average Bonchev–Trinajstić information content (AvgIpc) is 2.93.